The Morgan fingerprint density at radius 1 is 1.23 bits per heavy atom. The van der Waals surface area contributed by atoms with Gasteiger partial charge in [0.2, 0.25) is 5.91 Å². The number of hydrogen-bond donors (Lipinski definition) is 2. The third-order valence-corrected chi connectivity index (χ3v) is 5.04. The van der Waals surface area contributed by atoms with Crippen molar-refractivity contribution < 1.29 is 27.8 Å². The maximum atomic E-state index is 13.7. The van der Waals surface area contributed by atoms with E-state index in [0.29, 0.717) is 30.0 Å². The molecule has 4 nitrogen and oxygen atoms in total. The molecule has 168 valence electrons. The monoisotopic (exact) mass is 455 g/mol. The first-order valence-corrected chi connectivity index (χ1v) is 10.3. The normalized spacial score (nSPS) is 12.5. The van der Waals surface area contributed by atoms with E-state index in [-0.39, 0.29) is 18.6 Å². The zero-order valence-corrected chi connectivity index (χ0v) is 18.1. The number of aliphatic hydroxyl groups excluding tert-OH is 1. The fraction of sp³-hybridized carbons (Fsp3) is 0.348. The first-order chi connectivity index (χ1) is 14.8. The molecule has 0 aliphatic rings. The number of halogens is 4. The smallest absolute Gasteiger partial charge is 0.247 e. The summed E-state index contributed by atoms with van der Waals surface area (Å²) in [6, 6.07) is 6.20. The fourth-order valence-corrected chi connectivity index (χ4v) is 3.25. The van der Waals surface area contributed by atoms with Crippen LogP contribution in [0.25, 0.3) is 6.08 Å². The number of carbonyl (C=O) groups is 1. The van der Waals surface area contributed by atoms with E-state index in [2.05, 4.69) is 5.32 Å². The van der Waals surface area contributed by atoms with Crippen LogP contribution in [0.4, 0.5) is 13.2 Å². The van der Waals surface area contributed by atoms with Crippen molar-refractivity contribution in [2.45, 2.75) is 32.2 Å². The van der Waals surface area contributed by atoms with Gasteiger partial charge < -0.3 is 15.2 Å². The Kier molecular flexibility index (Phi) is 9.40. The van der Waals surface area contributed by atoms with Gasteiger partial charge in [-0.15, -0.1) is 11.6 Å². The molecular weight excluding hydrogens is 431 g/mol. The molecule has 2 aromatic carbocycles. The third kappa shape index (κ3) is 6.74. The summed E-state index contributed by atoms with van der Waals surface area (Å²) >= 11 is 5.79. The van der Waals surface area contributed by atoms with E-state index in [1.54, 1.807) is 19.3 Å². The Balaban J connectivity index is 2.34. The molecule has 0 aliphatic heterocycles. The number of nitrogens with one attached hydrogen (secondary N) is 1. The lowest BCUT2D eigenvalue weighted by Crippen LogP contribution is -2.30. The minimum Gasteiger partial charge on any atom is -0.496 e. The van der Waals surface area contributed by atoms with E-state index in [9.17, 15) is 23.1 Å². The molecule has 31 heavy (non-hydrogen) atoms. The van der Waals surface area contributed by atoms with Gasteiger partial charge >= 0.3 is 0 Å². The van der Waals surface area contributed by atoms with E-state index in [0.717, 1.165) is 23.3 Å². The van der Waals surface area contributed by atoms with Gasteiger partial charge in [0.25, 0.3) is 0 Å². The van der Waals surface area contributed by atoms with Crippen molar-refractivity contribution in [3.05, 3.63) is 70.0 Å². The largest absolute Gasteiger partial charge is 0.496 e. The standard InChI is InChI=1S/C23H25ClF3NO3/c1-14-5-6-15(11-21(14)31-2)10-16(4-3-8-24)23(30)28-20(7-9-29)17-12-18(25)22(27)19(26)13-17/h5-6,10-13,20,29H,3-4,7-9H2,1-2H3,(H,28,30)/b16-10+. The maximum Gasteiger partial charge on any atom is 0.247 e. The second kappa shape index (κ2) is 11.8. The predicted molar refractivity (Wildman–Crippen MR) is 115 cm³/mol. The summed E-state index contributed by atoms with van der Waals surface area (Å²) in [5.41, 5.74) is 2.10. The molecule has 8 heteroatoms. The van der Waals surface area contributed by atoms with E-state index in [1.807, 2.05) is 19.1 Å². The van der Waals surface area contributed by atoms with Crippen molar-refractivity contribution in [2.75, 3.05) is 19.6 Å². The highest BCUT2D eigenvalue weighted by Gasteiger charge is 2.21. The molecule has 0 aromatic heterocycles. The number of benzene rings is 2. The molecule has 1 unspecified atom stereocenters. The molecular formula is C23H25ClF3NO3. The number of alkyl halides is 1. The molecule has 2 N–H and O–H groups in total. The summed E-state index contributed by atoms with van der Waals surface area (Å²) in [5.74, 6) is -3.78. The van der Waals surface area contributed by atoms with Crippen molar-refractivity contribution in [1.82, 2.24) is 5.32 Å². The van der Waals surface area contributed by atoms with Gasteiger partial charge in [-0.1, -0.05) is 12.1 Å². The van der Waals surface area contributed by atoms with Crippen LogP contribution in [0.3, 0.4) is 0 Å². The Labute approximate surface area is 184 Å². The molecule has 2 rings (SSSR count). The van der Waals surface area contributed by atoms with Crippen molar-refractivity contribution in [2.24, 2.45) is 0 Å². The van der Waals surface area contributed by atoms with Crippen LogP contribution in [0.15, 0.2) is 35.9 Å². The number of carbonyl (C=O) groups excluding carboxylic acids is 1. The summed E-state index contributed by atoms with van der Waals surface area (Å²) in [4.78, 5) is 13.0. The first kappa shape index (κ1) is 24.8. The first-order valence-electron chi connectivity index (χ1n) is 9.78. The molecule has 0 heterocycles. The minimum atomic E-state index is -1.59. The predicted octanol–water partition coefficient (Wildman–Crippen LogP) is 5.06. The number of amides is 1. The van der Waals surface area contributed by atoms with Crippen LogP contribution < -0.4 is 10.1 Å². The van der Waals surface area contributed by atoms with Crippen molar-refractivity contribution >= 4 is 23.6 Å². The molecule has 0 bridgehead atoms. The number of ether oxygens (including phenoxy) is 1. The summed E-state index contributed by atoms with van der Waals surface area (Å²) in [6.07, 6.45) is 2.58. The van der Waals surface area contributed by atoms with Gasteiger partial charge in [-0.05, 0) is 67.2 Å². The topological polar surface area (TPSA) is 58.6 Å². The van der Waals surface area contributed by atoms with Crippen LogP contribution in [0, 0.1) is 24.4 Å². The summed E-state index contributed by atoms with van der Waals surface area (Å²) < 4.78 is 46.0. The van der Waals surface area contributed by atoms with Crippen molar-refractivity contribution in [3.8, 4) is 5.75 Å². The lowest BCUT2D eigenvalue weighted by molar-refractivity contribution is -0.118. The summed E-state index contributed by atoms with van der Waals surface area (Å²) in [5, 5.41) is 12.0. The summed E-state index contributed by atoms with van der Waals surface area (Å²) in [6.45, 7) is 1.55. The maximum absolute atomic E-state index is 13.7. The summed E-state index contributed by atoms with van der Waals surface area (Å²) in [7, 11) is 1.55. The van der Waals surface area contributed by atoms with Crippen molar-refractivity contribution in [3.63, 3.8) is 0 Å². The van der Waals surface area contributed by atoms with Crippen LogP contribution in [0.5, 0.6) is 5.75 Å². The Hall–Kier alpha value is -2.51. The van der Waals surface area contributed by atoms with Gasteiger partial charge in [-0.2, -0.15) is 0 Å². The zero-order chi connectivity index (χ0) is 23.0. The number of aryl methyl sites for hydroxylation is 1. The van der Waals surface area contributed by atoms with E-state index >= 15 is 0 Å². The van der Waals surface area contributed by atoms with Crippen LogP contribution in [0.2, 0.25) is 0 Å². The average Bonchev–Trinajstić information content (AvgIpc) is 2.75. The second-order valence-corrected chi connectivity index (χ2v) is 7.41. The Morgan fingerprint density at radius 2 is 1.90 bits per heavy atom. The third-order valence-electron chi connectivity index (χ3n) is 4.78. The number of aliphatic hydroxyl groups is 1. The highest BCUT2D eigenvalue weighted by molar-refractivity contribution is 6.17. The highest BCUT2D eigenvalue weighted by Crippen LogP contribution is 2.25. The SMILES string of the molecule is COc1cc(/C=C(\CCCCl)C(=O)NC(CCO)c2cc(F)c(F)c(F)c2)ccc1C. The lowest BCUT2D eigenvalue weighted by Gasteiger charge is -2.20. The van der Waals surface area contributed by atoms with Gasteiger partial charge in [0.1, 0.15) is 5.75 Å². The number of methoxy groups -OCH3 is 1. The molecule has 0 aliphatic carbocycles. The van der Waals surface area contributed by atoms with Gasteiger partial charge in [-0.25, -0.2) is 13.2 Å². The number of hydrogen-bond acceptors (Lipinski definition) is 3. The van der Waals surface area contributed by atoms with E-state index in [4.69, 9.17) is 16.3 Å². The molecule has 0 radical (unpaired) electrons. The van der Waals surface area contributed by atoms with Crippen LogP contribution >= 0.6 is 11.6 Å². The fourth-order valence-electron chi connectivity index (χ4n) is 3.11. The average molecular weight is 456 g/mol. The molecule has 0 saturated carbocycles. The molecule has 2 aromatic rings. The molecule has 0 saturated heterocycles. The van der Waals surface area contributed by atoms with Crippen molar-refractivity contribution in [1.29, 1.82) is 0 Å². The van der Waals surface area contributed by atoms with E-state index < -0.39 is 29.4 Å². The van der Waals surface area contributed by atoms with E-state index in [1.165, 1.54) is 0 Å². The Bertz CT molecular complexity index is 927. The minimum absolute atomic E-state index is 0.00259. The zero-order valence-electron chi connectivity index (χ0n) is 17.4. The second-order valence-electron chi connectivity index (χ2n) is 7.03. The number of rotatable bonds is 10. The van der Waals surface area contributed by atoms with Gasteiger partial charge in [0.05, 0.1) is 13.2 Å². The Morgan fingerprint density at radius 3 is 2.48 bits per heavy atom. The molecule has 1 amide bonds. The van der Waals surface area contributed by atoms with Gasteiger partial charge in [0.15, 0.2) is 17.5 Å². The lowest BCUT2D eigenvalue weighted by atomic mass is 10.0. The van der Waals surface area contributed by atoms with Crippen LogP contribution in [0.1, 0.15) is 42.0 Å². The van der Waals surface area contributed by atoms with Crippen LogP contribution in [-0.4, -0.2) is 30.6 Å². The quantitative estimate of drug-likeness (QED) is 0.299. The molecule has 1 atom stereocenters. The molecule has 0 fully saturated rings. The highest BCUT2D eigenvalue weighted by atomic mass is 35.5. The molecule has 0 spiro atoms. The van der Waals surface area contributed by atoms with Gasteiger partial charge in [-0.3, -0.25) is 4.79 Å². The van der Waals surface area contributed by atoms with Gasteiger partial charge in [0, 0.05) is 18.1 Å². The van der Waals surface area contributed by atoms with Crippen LogP contribution in [-0.2, 0) is 4.79 Å².